The van der Waals surface area contributed by atoms with Crippen LogP contribution in [0.5, 0.6) is 0 Å². The number of imidazole rings is 1. The lowest BCUT2D eigenvalue weighted by Gasteiger charge is -2.41. The third-order valence-corrected chi connectivity index (χ3v) is 5.10. The van der Waals surface area contributed by atoms with E-state index in [-0.39, 0.29) is 6.04 Å². The summed E-state index contributed by atoms with van der Waals surface area (Å²) in [5, 5.41) is 10.7. The highest BCUT2D eigenvalue weighted by molar-refractivity contribution is 8.00. The summed E-state index contributed by atoms with van der Waals surface area (Å²) in [4.78, 5) is 4.21. The van der Waals surface area contributed by atoms with Crippen LogP contribution in [-0.4, -0.2) is 31.8 Å². The van der Waals surface area contributed by atoms with Crippen molar-refractivity contribution in [2.24, 2.45) is 0 Å². The maximum Gasteiger partial charge on any atom is 0.107 e. The highest BCUT2D eigenvalue weighted by atomic mass is 32.2. The molecule has 0 spiro atoms. The molecule has 1 saturated heterocycles. The number of thioether (sulfide) groups is 1. The second-order valence-electron chi connectivity index (χ2n) is 4.77. The smallest absolute Gasteiger partial charge is 0.107 e. The van der Waals surface area contributed by atoms with Crippen molar-refractivity contribution in [1.29, 1.82) is 0 Å². The van der Waals surface area contributed by atoms with Crippen molar-refractivity contribution >= 4 is 11.8 Å². The molecule has 1 atom stereocenters. The van der Waals surface area contributed by atoms with Crippen molar-refractivity contribution in [2.75, 3.05) is 11.5 Å². The Morgan fingerprint density at radius 2 is 2.18 bits per heavy atom. The van der Waals surface area contributed by atoms with E-state index in [1.807, 2.05) is 24.7 Å². The second-order valence-corrected chi connectivity index (χ2v) is 5.76. The van der Waals surface area contributed by atoms with Crippen molar-refractivity contribution in [3.05, 3.63) is 42.4 Å². The Morgan fingerprint density at radius 3 is 2.94 bits per heavy atom. The molecule has 0 amide bonds. The molecule has 1 N–H and O–H groups in total. The van der Waals surface area contributed by atoms with Crippen LogP contribution < -0.4 is 0 Å². The number of aliphatic hydroxyl groups is 1. The van der Waals surface area contributed by atoms with Crippen LogP contribution in [-0.2, 0) is 0 Å². The molecule has 3 heterocycles. The zero-order chi connectivity index (χ0) is 11.5. The van der Waals surface area contributed by atoms with Crippen LogP contribution in [0.4, 0.5) is 0 Å². The van der Waals surface area contributed by atoms with Gasteiger partial charge in [0.1, 0.15) is 5.60 Å². The number of rotatable bonds is 1. The lowest BCUT2D eigenvalue weighted by atomic mass is 9.90. The maximum absolute atomic E-state index is 10.7. The van der Waals surface area contributed by atoms with E-state index in [0.717, 1.165) is 17.2 Å². The van der Waals surface area contributed by atoms with Gasteiger partial charge in [-0.1, -0.05) is 24.3 Å². The minimum absolute atomic E-state index is 0.0393. The quantitative estimate of drug-likeness (QED) is 0.833. The first-order valence-electron chi connectivity index (χ1n) is 5.71. The molecule has 86 valence electrons. The fourth-order valence-corrected chi connectivity index (χ4v) is 3.79. The van der Waals surface area contributed by atoms with E-state index in [9.17, 15) is 5.11 Å². The molecule has 0 saturated carbocycles. The van der Waals surface area contributed by atoms with Gasteiger partial charge >= 0.3 is 0 Å². The third-order valence-electron chi connectivity index (χ3n) is 3.69. The number of fused-ring (bicyclic) bond motifs is 3. The van der Waals surface area contributed by atoms with Crippen molar-refractivity contribution in [2.45, 2.75) is 11.6 Å². The zero-order valence-electron chi connectivity index (χ0n) is 9.21. The Hall–Kier alpha value is -1.26. The molecule has 1 fully saturated rings. The normalized spacial score (nSPS) is 23.9. The summed E-state index contributed by atoms with van der Waals surface area (Å²) >= 11 is 1.80. The molecule has 0 radical (unpaired) electrons. The molecule has 0 unspecified atom stereocenters. The van der Waals surface area contributed by atoms with Crippen LogP contribution in [0.1, 0.15) is 11.6 Å². The molecule has 1 aromatic carbocycles. The number of aromatic nitrogens is 2. The third kappa shape index (κ3) is 1.14. The van der Waals surface area contributed by atoms with Gasteiger partial charge in [0.25, 0.3) is 0 Å². The predicted molar refractivity (Wildman–Crippen MR) is 68.1 cm³/mol. The molecular formula is C13H12N2OS. The maximum atomic E-state index is 10.7. The zero-order valence-corrected chi connectivity index (χ0v) is 10.0. The van der Waals surface area contributed by atoms with Crippen LogP contribution in [0.15, 0.2) is 36.8 Å². The molecule has 0 aliphatic carbocycles. The van der Waals surface area contributed by atoms with Crippen molar-refractivity contribution in [3.8, 4) is 11.3 Å². The molecule has 17 heavy (non-hydrogen) atoms. The summed E-state index contributed by atoms with van der Waals surface area (Å²) in [6.07, 6.45) is 3.72. The highest BCUT2D eigenvalue weighted by Gasteiger charge is 2.48. The van der Waals surface area contributed by atoms with Gasteiger partial charge < -0.3 is 9.67 Å². The van der Waals surface area contributed by atoms with Gasteiger partial charge in [-0.05, 0) is 5.56 Å². The Morgan fingerprint density at radius 1 is 1.35 bits per heavy atom. The molecule has 2 aliphatic heterocycles. The lowest BCUT2D eigenvalue weighted by Crippen LogP contribution is -2.50. The minimum atomic E-state index is -0.604. The SMILES string of the molecule is OC1([C@H]2c3ccccc3-c3cncn32)CSC1. The van der Waals surface area contributed by atoms with E-state index < -0.39 is 5.60 Å². The summed E-state index contributed by atoms with van der Waals surface area (Å²) in [5.74, 6) is 1.62. The van der Waals surface area contributed by atoms with Crippen molar-refractivity contribution < 1.29 is 5.11 Å². The average Bonchev–Trinajstić information content (AvgIpc) is 2.85. The Labute approximate surface area is 103 Å². The number of nitrogens with zero attached hydrogens (tertiary/aromatic N) is 2. The molecule has 4 heteroatoms. The molecular weight excluding hydrogens is 232 g/mol. The lowest BCUT2D eigenvalue weighted by molar-refractivity contribution is 0.0403. The van der Waals surface area contributed by atoms with Gasteiger partial charge in [0.15, 0.2) is 0 Å². The topological polar surface area (TPSA) is 38.1 Å². The summed E-state index contributed by atoms with van der Waals surface area (Å²) in [6.45, 7) is 0. The van der Waals surface area contributed by atoms with Crippen molar-refractivity contribution in [1.82, 2.24) is 9.55 Å². The van der Waals surface area contributed by atoms with Gasteiger partial charge in [0.2, 0.25) is 0 Å². The molecule has 4 rings (SSSR count). The number of hydrogen-bond acceptors (Lipinski definition) is 3. The van der Waals surface area contributed by atoms with Gasteiger partial charge in [-0.3, -0.25) is 0 Å². The van der Waals surface area contributed by atoms with E-state index in [1.165, 1.54) is 11.1 Å². The van der Waals surface area contributed by atoms with E-state index >= 15 is 0 Å². The Bertz CT molecular complexity index is 589. The van der Waals surface area contributed by atoms with E-state index in [1.54, 1.807) is 11.8 Å². The first-order valence-corrected chi connectivity index (χ1v) is 6.86. The highest BCUT2D eigenvalue weighted by Crippen LogP contribution is 2.49. The van der Waals surface area contributed by atoms with Crippen molar-refractivity contribution in [3.63, 3.8) is 0 Å². The molecule has 3 nitrogen and oxygen atoms in total. The molecule has 2 aromatic rings. The fourth-order valence-electron chi connectivity index (χ4n) is 2.85. The predicted octanol–water partition coefficient (Wildman–Crippen LogP) is 1.93. The van der Waals surface area contributed by atoms with E-state index in [2.05, 4.69) is 21.7 Å². The van der Waals surface area contributed by atoms with Gasteiger partial charge in [-0.25, -0.2) is 4.98 Å². The van der Waals surface area contributed by atoms with Crippen LogP contribution in [0.2, 0.25) is 0 Å². The van der Waals surface area contributed by atoms with Crippen LogP contribution in [0, 0.1) is 0 Å². The monoisotopic (exact) mass is 244 g/mol. The summed E-state index contributed by atoms with van der Waals surface area (Å²) in [7, 11) is 0. The van der Waals surface area contributed by atoms with Gasteiger partial charge in [0, 0.05) is 17.1 Å². The molecule has 1 aromatic heterocycles. The largest absolute Gasteiger partial charge is 0.386 e. The minimum Gasteiger partial charge on any atom is -0.386 e. The van der Waals surface area contributed by atoms with Crippen LogP contribution in [0.25, 0.3) is 11.3 Å². The Kier molecular flexibility index (Phi) is 1.80. The van der Waals surface area contributed by atoms with Crippen LogP contribution in [0.3, 0.4) is 0 Å². The second kappa shape index (κ2) is 3.15. The van der Waals surface area contributed by atoms with Gasteiger partial charge in [-0.15, -0.1) is 0 Å². The number of hydrogen-bond donors (Lipinski definition) is 1. The summed E-state index contributed by atoms with van der Waals surface area (Å²) in [6, 6.07) is 8.35. The van der Waals surface area contributed by atoms with Gasteiger partial charge in [0.05, 0.1) is 24.3 Å². The van der Waals surface area contributed by atoms with E-state index in [0.29, 0.717) is 0 Å². The fraction of sp³-hybridized carbons (Fsp3) is 0.308. The Balaban J connectivity index is 1.96. The summed E-state index contributed by atoms with van der Waals surface area (Å²) in [5.41, 5.74) is 2.95. The first kappa shape index (κ1) is 9.74. The van der Waals surface area contributed by atoms with Crippen LogP contribution >= 0.6 is 11.8 Å². The molecule has 2 aliphatic rings. The number of benzene rings is 1. The van der Waals surface area contributed by atoms with E-state index in [4.69, 9.17) is 0 Å². The van der Waals surface area contributed by atoms with Gasteiger partial charge in [-0.2, -0.15) is 11.8 Å². The standard InChI is InChI=1S/C13H12N2OS/c16-13(6-17-7-13)12-10-4-2-1-3-9(10)11-5-14-8-15(11)12/h1-5,8,12,16H,6-7H2/t12-/m1/s1. The first-order chi connectivity index (χ1) is 8.30. The summed E-state index contributed by atoms with van der Waals surface area (Å²) < 4.78 is 2.12. The average molecular weight is 244 g/mol. The molecule has 0 bridgehead atoms.